The van der Waals surface area contributed by atoms with Crippen LogP contribution >= 0.6 is 0 Å². The van der Waals surface area contributed by atoms with Crippen LogP contribution in [0, 0.1) is 0 Å². The van der Waals surface area contributed by atoms with Crippen molar-refractivity contribution in [1.82, 2.24) is 20.2 Å². The zero-order valence-electron chi connectivity index (χ0n) is 13.5. The molecular weight excluding hydrogens is 320 g/mol. The third-order valence-electron chi connectivity index (χ3n) is 3.62. The Bertz CT molecular complexity index is 934. The fourth-order valence-corrected chi connectivity index (χ4v) is 2.38. The normalized spacial score (nSPS) is 10.4. The van der Waals surface area contributed by atoms with Crippen LogP contribution in [-0.2, 0) is 6.54 Å². The lowest BCUT2D eigenvalue weighted by atomic mass is 10.1. The Labute approximate surface area is 143 Å². The van der Waals surface area contributed by atoms with Crippen LogP contribution in [0.2, 0.25) is 0 Å². The number of carbonyl (C=O) groups is 2. The Morgan fingerprint density at radius 3 is 2.64 bits per heavy atom. The first-order valence-corrected chi connectivity index (χ1v) is 7.66. The molecule has 0 aliphatic heterocycles. The lowest BCUT2D eigenvalue weighted by molar-refractivity contribution is 0.0996. The van der Waals surface area contributed by atoms with E-state index >= 15 is 0 Å². The van der Waals surface area contributed by atoms with Crippen LogP contribution in [0.15, 0.2) is 48.5 Å². The maximum Gasteiger partial charge on any atom is 0.255 e. The molecule has 3 aromatic rings. The number of carbonyl (C=O) groups excluding carboxylic acids is 2. The van der Waals surface area contributed by atoms with Crippen molar-refractivity contribution in [2.75, 3.05) is 5.32 Å². The zero-order chi connectivity index (χ0) is 17.8. The Kier molecular flexibility index (Phi) is 4.51. The number of nitrogens with zero attached hydrogens (tertiary/aromatic N) is 4. The van der Waals surface area contributed by atoms with E-state index in [2.05, 4.69) is 20.8 Å². The van der Waals surface area contributed by atoms with Gasteiger partial charge in [-0.15, -0.1) is 5.10 Å². The summed E-state index contributed by atoms with van der Waals surface area (Å²) >= 11 is 0. The fraction of sp³-hybridized carbons (Fsp3) is 0.118. The molecule has 0 atom stereocenters. The number of rotatable bonds is 5. The van der Waals surface area contributed by atoms with E-state index in [4.69, 9.17) is 5.73 Å². The standard InChI is InChI=1S/C17H16N6O2/c1-2-23-16(20-21-22-23)12-6-3-7-13(9-12)17(25)19-14-8-4-5-11(10-14)15(18)24/h3-10H,2H2,1H3,(H2,18,24)(H,19,25). The Morgan fingerprint density at radius 1 is 1.12 bits per heavy atom. The molecule has 0 unspecified atom stereocenters. The molecule has 2 amide bonds. The highest BCUT2D eigenvalue weighted by Gasteiger charge is 2.12. The number of anilines is 1. The van der Waals surface area contributed by atoms with Gasteiger partial charge in [0, 0.05) is 28.9 Å². The van der Waals surface area contributed by atoms with Gasteiger partial charge in [0.25, 0.3) is 5.91 Å². The van der Waals surface area contributed by atoms with Gasteiger partial charge in [-0.05, 0) is 47.7 Å². The number of primary amides is 1. The zero-order valence-corrected chi connectivity index (χ0v) is 13.5. The summed E-state index contributed by atoms with van der Waals surface area (Å²) in [7, 11) is 0. The van der Waals surface area contributed by atoms with Crippen LogP contribution in [0.3, 0.4) is 0 Å². The van der Waals surface area contributed by atoms with Crippen molar-refractivity contribution >= 4 is 17.5 Å². The molecule has 0 saturated carbocycles. The van der Waals surface area contributed by atoms with E-state index < -0.39 is 5.91 Å². The highest BCUT2D eigenvalue weighted by molar-refractivity contribution is 6.05. The number of hydrogen-bond donors (Lipinski definition) is 2. The minimum absolute atomic E-state index is 0.306. The van der Waals surface area contributed by atoms with Gasteiger partial charge in [-0.2, -0.15) is 0 Å². The van der Waals surface area contributed by atoms with Gasteiger partial charge in [0.15, 0.2) is 5.82 Å². The van der Waals surface area contributed by atoms with Gasteiger partial charge in [-0.25, -0.2) is 4.68 Å². The highest BCUT2D eigenvalue weighted by Crippen LogP contribution is 2.18. The van der Waals surface area contributed by atoms with Crippen LogP contribution in [-0.4, -0.2) is 32.0 Å². The van der Waals surface area contributed by atoms with Crippen molar-refractivity contribution in [2.45, 2.75) is 13.5 Å². The first kappa shape index (κ1) is 16.3. The summed E-state index contributed by atoms with van der Waals surface area (Å²) in [5, 5.41) is 14.3. The van der Waals surface area contributed by atoms with Gasteiger partial charge >= 0.3 is 0 Å². The lowest BCUT2D eigenvalue weighted by Crippen LogP contribution is -2.14. The van der Waals surface area contributed by atoms with E-state index in [0.717, 1.165) is 5.56 Å². The molecule has 1 heterocycles. The van der Waals surface area contributed by atoms with Gasteiger partial charge in [0.05, 0.1) is 0 Å². The van der Waals surface area contributed by atoms with Crippen molar-refractivity contribution in [2.24, 2.45) is 5.73 Å². The molecule has 8 nitrogen and oxygen atoms in total. The van der Waals surface area contributed by atoms with E-state index in [9.17, 15) is 9.59 Å². The maximum atomic E-state index is 12.5. The minimum Gasteiger partial charge on any atom is -0.366 e. The maximum absolute atomic E-state index is 12.5. The average Bonchev–Trinajstić information content (AvgIpc) is 3.11. The monoisotopic (exact) mass is 336 g/mol. The van der Waals surface area contributed by atoms with E-state index in [1.165, 1.54) is 6.07 Å². The summed E-state index contributed by atoms with van der Waals surface area (Å²) in [5.41, 5.74) is 7.26. The van der Waals surface area contributed by atoms with Crippen LogP contribution in [0.1, 0.15) is 27.6 Å². The highest BCUT2D eigenvalue weighted by atomic mass is 16.2. The van der Waals surface area contributed by atoms with E-state index in [0.29, 0.717) is 29.2 Å². The number of aryl methyl sites for hydroxylation is 1. The number of benzene rings is 2. The first-order chi connectivity index (χ1) is 12.1. The van der Waals surface area contributed by atoms with E-state index in [1.54, 1.807) is 41.1 Å². The molecule has 0 radical (unpaired) electrons. The van der Waals surface area contributed by atoms with E-state index in [1.807, 2.05) is 13.0 Å². The number of nitrogens with one attached hydrogen (secondary N) is 1. The van der Waals surface area contributed by atoms with Crippen molar-refractivity contribution in [1.29, 1.82) is 0 Å². The number of amides is 2. The molecule has 0 aliphatic rings. The van der Waals surface area contributed by atoms with Gasteiger partial charge in [0.1, 0.15) is 0 Å². The predicted molar refractivity (Wildman–Crippen MR) is 91.8 cm³/mol. The Balaban J connectivity index is 1.85. The molecule has 3 N–H and O–H groups in total. The third-order valence-corrected chi connectivity index (χ3v) is 3.62. The molecule has 25 heavy (non-hydrogen) atoms. The molecule has 3 rings (SSSR count). The Hall–Kier alpha value is -3.55. The number of hydrogen-bond acceptors (Lipinski definition) is 5. The summed E-state index contributed by atoms with van der Waals surface area (Å²) in [4.78, 5) is 23.7. The molecule has 0 spiro atoms. The van der Waals surface area contributed by atoms with Crippen molar-refractivity contribution in [3.8, 4) is 11.4 Å². The predicted octanol–water partition coefficient (Wildman–Crippen LogP) is 1.71. The van der Waals surface area contributed by atoms with E-state index in [-0.39, 0.29) is 5.91 Å². The molecule has 8 heteroatoms. The lowest BCUT2D eigenvalue weighted by Gasteiger charge is -2.08. The molecular formula is C17H16N6O2. The Morgan fingerprint density at radius 2 is 1.88 bits per heavy atom. The van der Waals surface area contributed by atoms with Gasteiger partial charge < -0.3 is 11.1 Å². The van der Waals surface area contributed by atoms with Crippen molar-refractivity contribution < 1.29 is 9.59 Å². The van der Waals surface area contributed by atoms with Crippen molar-refractivity contribution in [3.05, 3.63) is 59.7 Å². The summed E-state index contributed by atoms with van der Waals surface area (Å²) in [6, 6.07) is 13.5. The molecule has 0 saturated heterocycles. The summed E-state index contributed by atoms with van der Waals surface area (Å²) < 4.78 is 1.65. The number of tetrazole rings is 1. The molecule has 1 aromatic heterocycles. The SMILES string of the molecule is CCn1nnnc1-c1cccc(C(=O)Nc2cccc(C(N)=O)c2)c1. The van der Waals surface area contributed by atoms with Crippen molar-refractivity contribution in [3.63, 3.8) is 0 Å². The molecule has 0 fully saturated rings. The van der Waals surface area contributed by atoms with Crippen LogP contribution in [0.25, 0.3) is 11.4 Å². The van der Waals surface area contributed by atoms with Crippen LogP contribution < -0.4 is 11.1 Å². The molecule has 0 aliphatic carbocycles. The van der Waals surface area contributed by atoms with Gasteiger partial charge in [0.2, 0.25) is 5.91 Å². The molecule has 126 valence electrons. The topological polar surface area (TPSA) is 116 Å². The number of nitrogens with two attached hydrogens (primary N) is 1. The van der Waals surface area contributed by atoms with Crippen LogP contribution in [0.5, 0.6) is 0 Å². The van der Waals surface area contributed by atoms with Gasteiger partial charge in [-0.3, -0.25) is 9.59 Å². The average molecular weight is 336 g/mol. The van der Waals surface area contributed by atoms with Crippen LogP contribution in [0.4, 0.5) is 5.69 Å². The first-order valence-electron chi connectivity index (χ1n) is 7.66. The molecule has 0 bridgehead atoms. The summed E-state index contributed by atoms with van der Waals surface area (Å²) in [6.07, 6.45) is 0. The quantitative estimate of drug-likeness (QED) is 0.736. The summed E-state index contributed by atoms with van der Waals surface area (Å²) in [5.74, 6) is -0.267. The summed E-state index contributed by atoms with van der Waals surface area (Å²) in [6.45, 7) is 2.56. The second kappa shape index (κ2) is 6.91. The minimum atomic E-state index is -0.551. The van der Waals surface area contributed by atoms with Gasteiger partial charge in [-0.1, -0.05) is 18.2 Å². The second-order valence-electron chi connectivity index (χ2n) is 5.30. The third kappa shape index (κ3) is 3.52. The largest absolute Gasteiger partial charge is 0.366 e. The number of aromatic nitrogens is 4. The molecule has 2 aromatic carbocycles. The fourth-order valence-electron chi connectivity index (χ4n) is 2.38. The smallest absolute Gasteiger partial charge is 0.255 e. The second-order valence-corrected chi connectivity index (χ2v) is 5.30.